The first-order valence-corrected chi connectivity index (χ1v) is 6.37. The van der Waals surface area contributed by atoms with Gasteiger partial charge in [-0.15, -0.1) is 24.8 Å². The molecule has 1 fully saturated rings. The highest BCUT2D eigenvalue weighted by Crippen LogP contribution is 2.16. The minimum absolute atomic E-state index is 0. The fourth-order valence-corrected chi connectivity index (χ4v) is 2.82. The predicted molar refractivity (Wildman–Crippen MR) is 75.1 cm³/mol. The van der Waals surface area contributed by atoms with Crippen molar-refractivity contribution < 1.29 is 0 Å². The van der Waals surface area contributed by atoms with Gasteiger partial charge in [-0.25, -0.2) is 4.98 Å². The van der Waals surface area contributed by atoms with Gasteiger partial charge in [0.05, 0.1) is 6.33 Å². The lowest BCUT2D eigenvalue weighted by Crippen LogP contribution is -2.34. The van der Waals surface area contributed by atoms with Crippen LogP contribution in [0.25, 0.3) is 0 Å². The number of thioether (sulfide) groups is 1. The van der Waals surface area contributed by atoms with Crippen LogP contribution in [0.2, 0.25) is 0 Å². The summed E-state index contributed by atoms with van der Waals surface area (Å²) >= 11 is 2.07. The van der Waals surface area contributed by atoms with E-state index in [1.807, 2.05) is 18.7 Å². The van der Waals surface area contributed by atoms with E-state index in [2.05, 4.69) is 26.6 Å². The van der Waals surface area contributed by atoms with Crippen LogP contribution < -0.4 is 5.32 Å². The maximum Gasteiger partial charge on any atom is 0.0946 e. The Balaban J connectivity index is 0.00000112. The molecular formula is C10H19Cl2N3S. The minimum Gasteiger partial charge on any atom is -0.336 e. The third-order valence-corrected chi connectivity index (χ3v) is 3.63. The molecule has 0 saturated carbocycles. The van der Waals surface area contributed by atoms with E-state index in [9.17, 15) is 0 Å². The third kappa shape index (κ3) is 5.43. The molecule has 1 aliphatic heterocycles. The van der Waals surface area contributed by atoms with E-state index in [1.165, 1.54) is 24.3 Å². The molecule has 0 unspecified atom stereocenters. The second kappa shape index (κ2) is 9.16. The number of nitrogens with one attached hydrogen (secondary N) is 1. The molecule has 0 radical (unpaired) electrons. The summed E-state index contributed by atoms with van der Waals surface area (Å²) < 4.78 is 2.12. The monoisotopic (exact) mass is 283 g/mol. The minimum atomic E-state index is 0. The summed E-state index contributed by atoms with van der Waals surface area (Å²) in [6, 6.07) is 0.750. The third-order valence-electron chi connectivity index (χ3n) is 2.58. The van der Waals surface area contributed by atoms with E-state index in [1.54, 1.807) is 0 Å². The number of halogens is 2. The Hall–Kier alpha value is 0.1000. The number of rotatable bonds is 4. The number of imidazole rings is 1. The Labute approximate surface area is 114 Å². The van der Waals surface area contributed by atoms with E-state index in [-0.39, 0.29) is 24.8 Å². The molecule has 94 valence electrons. The largest absolute Gasteiger partial charge is 0.336 e. The van der Waals surface area contributed by atoms with E-state index < -0.39 is 0 Å². The summed E-state index contributed by atoms with van der Waals surface area (Å²) in [6.45, 7) is 2.09. The van der Waals surface area contributed by atoms with E-state index in [4.69, 9.17) is 0 Å². The van der Waals surface area contributed by atoms with Crippen molar-refractivity contribution in [2.24, 2.45) is 0 Å². The van der Waals surface area contributed by atoms with Gasteiger partial charge in [0.25, 0.3) is 0 Å². The fourth-order valence-electron chi connectivity index (χ4n) is 1.72. The van der Waals surface area contributed by atoms with Crippen LogP contribution in [0.3, 0.4) is 0 Å². The molecule has 0 aliphatic carbocycles. The normalized spacial score (nSPS) is 16.2. The van der Waals surface area contributed by atoms with Crippen molar-refractivity contribution in [3.05, 3.63) is 18.7 Å². The van der Waals surface area contributed by atoms with Crippen molar-refractivity contribution in [2.45, 2.75) is 25.4 Å². The van der Waals surface area contributed by atoms with Gasteiger partial charge in [-0.1, -0.05) is 0 Å². The first-order valence-electron chi connectivity index (χ1n) is 5.22. The predicted octanol–water partition coefficient (Wildman–Crippen LogP) is 2.21. The quantitative estimate of drug-likeness (QED) is 0.919. The second-order valence-electron chi connectivity index (χ2n) is 3.64. The lowest BCUT2D eigenvalue weighted by molar-refractivity contribution is 0.464. The SMILES string of the molecule is Cl.Cl.c1cn(CCNC2CCSCC2)cn1. The van der Waals surface area contributed by atoms with Gasteiger partial charge >= 0.3 is 0 Å². The summed E-state index contributed by atoms with van der Waals surface area (Å²) in [5, 5.41) is 3.60. The summed E-state index contributed by atoms with van der Waals surface area (Å²) in [7, 11) is 0. The highest BCUT2D eigenvalue weighted by atomic mass is 35.5. The van der Waals surface area contributed by atoms with Crippen LogP contribution in [0.4, 0.5) is 0 Å². The van der Waals surface area contributed by atoms with Crippen LogP contribution in [-0.2, 0) is 6.54 Å². The van der Waals surface area contributed by atoms with Crippen LogP contribution in [0.5, 0.6) is 0 Å². The molecule has 16 heavy (non-hydrogen) atoms. The Morgan fingerprint density at radius 3 is 2.69 bits per heavy atom. The lowest BCUT2D eigenvalue weighted by atomic mass is 10.1. The molecular weight excluding hydrogens is 265 g/mol. The van der Waals surface area contributed by atoms with Crippen LogP contribution in [0.1, 0.15) is 12.8 Å². The summed E-state index contributed by atoms with van der Waals surface area (Å²) in [6.07, 6.45) is 8.37. The van der Waals surface area contributed by atoms with Gasteiger partial charge in [-0.05, 0) is 24.3 Å². The van der Waals surface area contributed by atoms with Gasteiger partial charge in [0.15, 0.2) is 0 Å². The van der Waals surface area contributed by atoms with Crippen molar-refractivity contribution >= 4 is 36.6 Å². The average Bonchev–Trinajstić information content (AvgIpc) is 2.72. The molecule has 0 bridgehead atoms. The van der Waals surface area contributed by atoms with Gasteiger partial charge < -0.3 is 9.88 Å². The van der Waals surface area contributed by atoms with Crippen molar-refractivity contribution in [2.75, 3.05) is 18.1 Å². The first kappa shape index (κ1) is 16.1. The molecule has 1 aliphatic rings. The highest BCUT2D eigenvalue weighted by molar-refractivity contribution is 7.99. The Morgan fingerprint density at radius 1 is 1.31 bits per heavy atom. The zero-order chi connectivity index (χ0) is 9.64. The van der Waals surface area contributed by atoms with E-state index in [0.717, 1.165) is 19.1 Å². The summed E-state index contributed by atoms with van der Waals surface area (Å²) in [4.78, 5) is 4.02. The molecule has 3 nitrogen and oxygen atoms in total. The first-order chi connectivity index (χ1) is 6.95. The van der Waals surface area contributed by atoms with Gasteiger partial charge in [0.2, 0.25) is 0 Å². The smallest absolute Gasteiger partial charge is 0.0946 e. The van der Waals surface area contributed by atoms with Crippen LogP contribution in [-0.4, -0.2) is 33.6 Å². The molecule has 2 rings (SSSR count). The standard InChI is InChI=1S/C10H17N3S.2ClH/c1-7-14-8-2-10(1)12-4-6-13-5-3-11-9-13;;/h3,5,9-10,12H,1-2,4,6-8H2;2*1H. The zero-order valence-electron chi connectivity index (χ0n) is 9.17. The van der Waals surface area contributed by atoms with Gasteiger partial charge in [-0.2, -0.15) is 11.8 Å². The topological polar surface area (TPSA) is 29.9 Å². The molecule has 0 aromatic carbocycles. The second-order valence-corrected chi connectivity index (χ2v) is 4.87. The van der Waals surface area contributed by atoms with Crippen molar-refractivity contribution in [3.63, 3.8) is 0 Å². The van der Waals surface area contributed by atoms with Gasteiger partial charge in [0, 0.05) is 31.5 Å². The van der Waals surface area contributed by atoms with E-state index in [0.29, 0.717) is 0 Å². The Bertz CT molecular complexity index is 251. The fraction of sp³-hybridized carbons (Fsp3) is 0.700. The van der Waals surface area contributed by atoms with E-state index >= 15 is 0 Å². The Kier molecular flexibility index (Phi) is 9.22. The molecule has 1 N–H and O–H groups in total. The molecule has 6 heteroatoms. The molecule has 0 atom stereocenters. The van der Waals surface area contributed by atoms with Crippen LogP contribution in [0.15, 0.2) is 18.7 Å². The van der Waals surface area contributed by atoms with Gasteiger partial charge in [0.1, 0.15) is 0 Å². The number of hydrogen-bond donors (Lipinski definition) is 1. The zero-order valence-corrected chi connectivity index (χ0v) is 11.6. The summed E-state index contributed by atoms with van der Waals surface area (Å²) in [5.41, 5.74) is 0. The number of nitrogens with zero attached hydrogens (tertiary/aromatic N) is 2. The molecule has 0 amide bonds. The number of hydrogen-bond acceptors (Lipinski definition) is 3. The van der Waals surface area contributed by atoms with Crippen molar-refractivity contribution in [3.8, 4) is 0 Å². The number of aromatic nitrogens is 2. The average molecular weight is 284 g/mol. The van der Waals surface area contributed by atoms with Crippen LogP contribution in [0, 0.1) is 0 Å². The summed E-state index contributed by atoms with van der Waals surface area (Å²) in [5.74, 6) is 2.64. The maximum absolute atomic E-state index is 4.02. The maximum atomic E-state index is 4.02. The molecule has 1 saturated heterocycles. The molecule has 0 spiro atoms. The Morgan fingerprint density at radius 2 is 2.06 bits per heavy atom. The molecule has 1 aromatic heterocycles. The molecule has 2 heterocycles. The van der Waals surface area contributed by atoms with Crippen molar-refractivity contribution in [1.82, 2.24) is 14.9 Å². The van der Waals surface area contributed by atoms with Crippen LogP contribution >= 0.6 is 36.6 Å². The van der Waals surface area contributed by atoms with Gasteiger partial charge in [-0.3, -0.25) is 0 Å². The lowest BCUT2D eigenvalue weighted by Gasteiger charge is -2.22. The molecule has 1 aromatic rings. The highest BCUT2D eigenvalue weighted by Gasteiger charge is 2.11. The van der Waals surface area contributed by atoms with Crippen molar-refractivity contribution in [1.29, 1.82) is 0 Å².